The van der Waals surface area contributed by atoms with Crippen LogP contribution in [0.1, 0.15) is 31.4 Å². The molecule has 126 valence electrons. The molecule has 1 aromatic rings. The fourth-order valence-corrected chi connectivity index (χ4v) is 3.07. The summed E-state index contributed by atoms with van der Waals surface area (Å²) in [6.45, 7) is 1.29. The maximum atomic E-state index is 12.4. The van der Waals surface area contributed by atoms with Crippen molar-refractivity contribution in [2.45, 2.75) is 32.1 Å². The van der Waals surface area contributed by atoms with Crippen LogP contribution in [0.2, 0.25) is 0 Å². The number of pyridine rings is 1. The Balaban J connectivity index is 1.96. The molecule has 2 rings (SSSR count). The normalized spacial score (nSPS) is 21.2. The van der Waals surface area contributed by atoms with E-state index in [0.717, 1.165) is 5.69 Å². The largest absolute Gasteiger partial charge is 0.481 e. The summed E-state index contributed by atoms with van der Waals surface area (Å²) >= 11 is 0. The van der Waals surface area contributed by atoms with Crippen molar-refractivity contribution >= 4 is 11.9 Å². The van der Waals surface area contributed by atoms with E-state index in [1.807, 2.05) is 18.2 Å². The molecule has 0 aromatic carbocycles. The van der Waals surface area contributed by atoms with E-state index in [4.69, 9.17) is 4.74 Å². The zero-order valence-electron chi connectivity index (χ0n) is 13.5. The fourth-order valence-electron chi connectivity index (χ4n) is 3.07. The molecular weight excluding hydrogens is 296 g/mol. The van der Waals surface area contributed by atoms with Crippen LogP contribution in [0.4, 0.5) is 0 Å². The molecule has 1 aromatic heterocycles. The first-order chi connectivity index (χ1) is 11.1. The van der Waals surface area contributed by atoms with Gasteiger partial charge in [-0.1, -0.05) is 6.07 Å². The molecule has 1 N–H and O–H groups in total. The van der Waals surface area contributed by atoms with E-state index in [1.165, 1.54) is 0 Å². The molecule has 1 aliphatic rings. The third-order valence-corrected chi connectivity index (χ3v) is 4.49. The van der Waals surface area contributed by atoms with Gasteiger partial charge in [-0.15, -0.1) is 0 Å². The summed E-state index contributed by atoms with van der Waals surface area (Å²) in [6, 6.07) is 5.63. The van der Waals surface area contributed by atoms with Crippen molar-refractivity contribution in [3.05, 3.63) is 30.1 Å². The van der Waals surface area contributed by atoms with Gasteiger partial charge in [0, 0.05) is 45.1 Å². The second-order valence-corrected chi connectivity index (χ2v) is 6.07. The number of ether oxygens (including phenoxy) is 1. The lowest BCUT2D eigenvalue weighted by Crippen LogP contribution is -2.50. The number of hydrogen-bond acceptors (Lipinski definition) is 4. The molecule has 6 nitrogen and oxygen atoms in total. The Morgan fingerprint density at radius 1 is 1.43 bits per heavy atom. The first-order valence-electron chi connectivity index (χ1n) is 7.97. The lowest BCUT2D eigenvalue weighted by molar-refractivity contribution is -0.156. The van der Waals surface area contributed by atoms with Crippen molar-refractivity contribution in [3.63, 3.8) is 0 Å². The van der Waals surface area contributed by atoms with Gasteiger partial charge in [0.2, 0.25) is 5.91 Å². The molecule has 1 amide bonds. The molecule has 0 unspecified atom stereocenters. The van der Waals surface area contributed by atoms with E-state index >= 15 is 0 Å². The Morgan fingerprint density at radius 2 is 2.26 bits per heavy atom. The molecule has 1 fully saturated rings. The summed E-state index contributed by atoms with van der Waals surface area (Å²) in [6.07, 6.45) is 4.39. The Kier molecular flexibility index (Phi) is 6.10. The molecule has 1 aliphatic heterocycles. The van der Waals surface area contributed by atoms with Crippen LogP contribution in [0.15, 0.2) is 24.4 Å². The molecule has 2 heterocycles. The third-order valence-electron chi connectivity index (χ3n) is 4.49. The second kappa shape index (κ2) is 8.06. The molecule has 0 spiro atoms. The van der Waals surface area contributed by atoms with E-state index < -0.39 is 11.4 Å². The minimum atomic E-state index is -0.880. The number of carbonyl (C=O) groups is 2. The van der Waals surface area contributed by atoms with Gasteiger partial charge in [0.15, 0.2) is 0 Å². The SMILES string of the molecule is COCC[C@@]1(C(=O)O)CCCN(C(=O)CCc2ccccn2)C1. The van der Waals surface area contributed by atoms with Gasteiger partial charge in [-0.2, -0.15) is 0 Å². The molecule has 0 bridgehead atoms. The molecule has 23 heavy (non-hydrogen) atoms. The first kappa shape index (κ1) is 17.4. The Labute approximate surface area is 136 Å². The minimum absolute atomic E-state index is 0.00149. The number of carboxylic acids is 1. The van der Waals surface area contributed by atoms with Crippen LogP contribution in [-0.4, -0.2) is 53.7 Å². The average molecular weight is 320 g/mol. The quantitative estimate of drug-likeness (QED) is 0.828. The lowest BCUT2D eigenvalue weighted by Gasteiger charge is -2.40. The summed E-state index contributed by atoms with van der Waals surface area (Å²) in [5.41, 5.74) is -0.00343. The van der Waals surface area contributed by atoms with E-state index in [0.29, 0.717) is 45.3 Å². The van der Waals surface area contributed by atoms with Gasteiger partial charge in [-0.3, -0.25) is 14.6 Å². The highest BCUT2D eigenvalue weighted by atomic mass is 16.5. The van der Waals surface area contributed by atoms with E-state index in [1.54, 1.807) is 18.2 Å². The molecular formula is C17H24N2O4. The standard InChI is InChI=1S/C17H24N2O4/c1-23-12-9-17(16(21)22)8-4-11-19(13-17)15(20)7-6-14-5-2-3-10-18-14/h2-3,5,10H,4,6-9,11-13H2,1H3,(H,21,22)/t17-/m0/s1. The Bertz CT molecular complexity index is 535. The van der Waals surface area contributed by atoms with Crippen LogP contribution in [0.25, 0.3) is 0 Å². The van der Waals surface area contributed by atoms with Gasteiger partial charge < -0.3 is 14.7 Å². The predicted molar refractivity (Wildman–Crippen MR) is 84.9 cm³/mol. The predicted octanol–water partition coefficient (Wildman–Crippen LogP) is 1.74. The van der Waals surface area contributed by atoms with Crippen LogP contribution in [-0.2, 0) is 20.7 Å². The number of aryl methyl sites for hydroxylation is 1. The van der Waals surface area contributed by atoms with Gasteiger partial charge in [0.25, 0.3) is 0 Å². The van der Waals surface area contributed by atoms with Crippen LogP contribution in [0.3, 0.4) is 0 Å². The number of carboxylic acid groups (broad SMARTS) is 1. The summed E-state index contributed by atoms with van der Waals surface area (Å²) in [5.74, 6) is -0.838. The highest BCUT2D eigenvalue weighted by molar-refractivity contribution is 5.79. The summed E-state index contributed by atoms with van der Waals surface area (Å²) in [4.78, 5) is 30.1. The van der Waals surface area contributed by atoms with Crippen molar-refractivity contribution < 1.29 is 19.4 Å². The van der Waals surface area contributed by atoms with Crippen LogP contribution >= 0.6 is 0 Å². The van der Waals surface area contributed by atoms with Crippen molar-refractivity contribution in [1.82, 2.24) is 9.88 Å². The molecule has 1 saturated heterocycles. The van der Waals surface area contributed by atoms with Crippen molar-refractivity contribution in [2.75, 3.05) is 26.8 Å². The molecule has 0 saturated carbocycles. The van der Waals surface area contributed by atoms with E-state index in [9.17, 15) is 14.7 Å². The number of likely N-dealkylation sites (tertiary alicyclic amines) is 1. The summed E-state index contributed by atoms with van der Waals surface area (Å²) in [7, 11) is 1.56. The molecule has 0 radical (unpaired) electrons. The van der Waals surface area contributed by atoms with Crippen LogP contribution in [0.5, 0.6) is 0 Å². The topological polar surface area (TPSA) is 79.7 Å². The van der Waals surface area contributed by atoms with Gasteiger partial charge >= 0.3 is 5.97 Å². The number of methoxy groups -OCH3 is 1. The zero-order valence-corrected chi connectivity index (χ0v) is 13.5. The van der Waals surface area contributed by atoms with Gasteiger partial charge in [-0.25, -0.2) is 0 Å². The fraction of sp³-hybridized carbons (Fsp3) is 0.588. The summed E-state index contributed by atoms with van der Waals surface area (Å²) in [5, 5.41) is 9.62. The van der Waals surface area contributed by atoms with Crippen molar-refractivity contribution in [3.8, 4) is 0 Å². The maximum Gasteiger partial charge on any atom is 0.311 e. The van der Waals surface area contributed by atoms with Gasteiger partial charge in [0.1, 0.15) is 0 Å². The third kappa shape index (κ3) is 4.51. The van der Waals surface area contributed by atoms with Crippen LogP contribution in [0, 0.1) is 5.41 Å². The number of aromatic nitrogens is 1. The molecule has 6 heteroatoms. The number of nitrogens with zero attached hydrogens (tertiary/aromatic N) is 2. The average Bonchev–Trinajstić information content (AvgIpc) is 2.59. The monoisotopic (exact) mass is 320 g/mol. The van der Waals surface area contributed by atoms with Crippen molar-refractivity contribution in [2.24, 2.45) is 5.41 Å². The number of aliphatic carboxylic acids is 1. The van der Waals surface area contributed by atoms with Crippen molar-refractivity contribution in [1.29, 1.82) is 0 Å². The maximum absolute atomic E-state index is 12.4. The Hall–Kier alpha value is -1.95. The molecule has 0 aliphatic carbocycles. The number of amides is 1. The Morgan fingerprint density at radius 3 is 2.91 bits per heavy atom. The summed E-state index contributed by atoms with van der Waals surface area (Å²) < 4.78 is 5.05. The van der Waals surface area contributed by atoms with Gasteiger partial charge in [-0.05, 0) is 37.8 Å². The van der Waals surface area contributed by atoms with E-state index in [-0.39, 0.29) is 12.5 Å². The highest BCUT2D eigenvalue weighted by Gasteiger charge is 2.43. The van der Waals surface area contributed by atoms with Crippen LogP contribution < -0.4 is 0 Å². The first-order valence-corrected chi connectivity index (χ1v) is 7.97. The number of rotatable bonds is 7. The zero-order chi connectivity index (χ0) is 16.7. The number of hydrogen-bond donors (Lipinski definition) is 1. The smallest absolute Gasteiger partial charge is 0.311 e. The van der Waals surface area contributed by atoms with E-state index in [2.05, 4.69) is 4.98 Å². The van der Waals surface area contributed by atoms with Gasteiger partial charge in [0.05, 0.1) is 5.41 Å². The number of carbonyl (C=O) groups excluding carboxylic acids is 1. The number of piperidine rings is 1. The molecule has 1 atom stereocenters. The highest BCUT2D eigenvalue weighted by Crippen LogP contribution is 2.34. The minimum Gasteiger partial charge on any atom is -0.481 e. The lowest BCUT2D eigenvalue weighted by atomic mass is 9.77. The second-order valence-electron chi connectivity index (χ2n) is 6.07.